The SMILES string of the molecule is OCCNc1nc(C(F)(F)F)cs1. The molecule has 1 rings (SSSR count). The number of alkyl halides is 3. The summed E-state index contributed by atoms with van der Waals surface area (Å²) in [5.41, 5.74) is -0.905. The second-order valence-corrected chi connectivity index (χ2v) is 3.04. The molecule has 0 fully saturated rings. The summed E-state index contributed by atoms with van der Waals surface area (Å²) in [5, 5.41) is 12.0. The van der Waals surface area contributed by atoms with Gasteiger partial charge in [0.2, 0.25) is 0 Å². The molecule has 7 heteroatoms. The van der Waals surface area contributed by atoms with Gasteiger partial charge in [-0.1, -0.05) is 0 Å². The predicted octanol–water partition coefficient (Wildman–Crippen LogP) is 1.57. The zero-order valence-corrected chi connectivity index (χ0v) is 7.24. The molecule has 0 aliphatic heterocycles. The second kappa shape index (κ2) is 3.93. The van der Waals surface area contributed by atoms with E-state index in [1.54, 1.807) is 0 Å². The molecule has 0 amide bonds. The summed E-state index contributed by atoms with van der Waals surface area (Å²) in [5.74, 6) is 0. The van der Waals surface area contributed by atoms with Crippen molar-refractivity contribution in [3.05, 3.63) is 11.1 Å². The zero-order chi connectivity index (χ0) is 9.90. The molecule has 0 saturated heterocycles. The number of aromatic nitrogens is 1. The van der Waals surface area contributed by atoms with Crippen molar-refractivity contribution < 1.29 is 18.3 Å². The Morgan fingerprint density at radius 2 is 2.23 bits per heavy atom. The second-order valence-electron chi connectivity index (χ2n) is 2.19. The van der Waals surface area contributed by atoms with Crippen molar-refractivity contribution in [2.75, 3.05) is 18.5 Å². The molecule has 13 heavy (non-hydrogen) atoms. The monoisotopic (exact) mass is 212 g/mol. The lowest BCUT2D eigenvalue weighted by Crippen LogP contribution is -2.08. The summed E-state index contributed by atoms with van der Waals surface area (Å²) in [4.78, 5) is 3.29. The summed E-state index contributed by atoms with van der Waals surface area (Å²) in [6.07, 6.45) is -4.39. The minimum absolute atomic E-state index is 0.138. The maximum absolute atomic E-state index is 12.0. The maximum Gasteiger partial charge on any atom is 0.434 e. The van der Waals surface area contributed by atoms with Crippen LogP contribution in [0.25, 0.3) is 0 Å². The van der Waals surface area contributed by atoms with Gasteiger partial charge in [-0.15, -0.1) is 11.3 Å². The molecule has 0 atom stereocenters. The molecule has 0 aliphatic carbocycles. The first-order valence-corrected chi connectivity index (χ1v) is 4.29. The van der Waals surface area contributed by atoms with Gasteiger partial charge in [-0.05, 0) is 0 Å². The fraction of sp³-hybridized carbons (Fsp3) is 0.500. The van der Waals surface area contributed by atoms with Crippen LogP contribution in [0.3, 0.4) is 0 Å². The molecule has 3 nitrogen and oxygen atoms in total. The number of anilines is 1. The highest BCUT2D eigenvalue weighted by molar-refractivity contribution is 7.13. The van der Waals surface area contributed by atoms with Crippen molar-refractivity contribution >= 4 is 16.5 Å². The van der Waals surface area contributed by atoms with Gasteiger partial charge in [0.1, 0.15) is 0 Å². The lowest BCUT2D eigenvalue weighted by Gasteiger charge is -2.00. The summed E-state index contributed by atoms with van der Waals surface area (Å²) < 4.78 is 36.0. The number of hydrogen-bond donors (Lipinski definition) is 2. The largest absolute Gasteiger partial charge is 0.434 e. The van der Waals surface area contributed by atoms with Crippen molar-refractivity contribution in [1.29, 1.82) is 0 Å². The van der Waals surface area contributed by atoms with Gasteiger partial charge in [0.25, 0.3) is 0 Å². The van der Waals surface area contributed by atoms with Crippen LogP contribution in [0.1, 0.15) is 5.69 Å². The number of nitrogens with zero attached hydrogens (tertiary/aromatic N) is 1. The van der Waals surface area contributed by atoms with E-state index < -0.39 is 11.9 Å². The number of thiazole rings is 1. The molecule has 1 heterocycles. The van der Waals surface area contributed by atoms with Gasteiger partial charge in [-0.25, -0.2) is 4.98 Å². The third-order valence-corrected chi connectivity index (χ3v) is 1.98. The van der Waals surface area contributed by atoms with E-state index in [9.17, 15) is 13.2 Å². The fourth-order valence-electron chi connectivity index (χ4n) is 0.648. The standard InChI is InChI=1S/C6H7F3N2OS/c7-6(8,9)4-3-13-5(11-4)10-1-2-12/h3,12H,1-2H2,(H,10,11). The van der Waals surface area contributed by atoms with E-state index in [4.69, 9.17) is 5.11 Å². The van der Waals surface area contributed by atoms with E-state index in [0.717, 1.165) is 16.7 Å². The van der Waals surface area contributed by atoms with Crippen LogP contribution in [0.4, 0.5) is 18.3 Å². The summed E-state index contributed by atoms with van der Waals surface area (Å²) in [6.45, 7) is 0.0613. The molecule has 74 valence electrons. The van der Waals surface area contributed by atoms with Crippen LogP contribution in [0.15, 0.2) is 5.38 Å². The van der Waals surface area contributed by atoms with Crippen molar-refractivity contribution in [2.24, 2.45) is 0 Å². The zero-order valence-electron chi connectivity index (χ0n) is 6.43. The summed E-state index contributed by atoms with van der Waals surface area (Å²) >= 11 is 0.863. The highest BCUT2D eigenvalue weighted by Gasteiger charge is 2.33. The molecule has 0 aliphatic rings. The molecular formula is C6H7F3N2OS. The Morgan fingerprint density at radius 1 is 1.54 bits per heavy atom. The van der Waals surface area contributed by atoms with Crippen LogP contribution in [0.5, 0.6) is 0 Å². The lowest BCUT2D eigenvalue weighted by atomic mass is 10.5. The molecule has 1 aromatic heterocycles. The van der Waals surface area contributed by atoms with Crippen LogP contribution >= 0.6 is 11.3 Å². The van der Waals surface area contributed by atoms with Gasteiger partial charge in [0.15, 0.2) is 10.8 Å². The van der Waals surface area contributed by atoms with Gasteiger partial charge < -0.3 is 10.4 Å². The first-order chi connectivity index (χ1) is 6.04. The first kappa shape index (κ1) is 10.3. The normalized spacial score (nSPS) is 11.7. The molecule has 0 unspecified atom stereocenters. The molecule has 0 spiro atoms. The van der Waals surface area contributed by atoms with Crippen molar-refractivity contribution in [1.82, 2.24) is 4.98 Å². The van der Waals surface area contributed by atoms with Gasteiger partial charge >= 0.3 is 6.18 Å². The van der Waals surface area contributed by atoms with E-state index in [2.05, 4.69) is 10.3 Å². The van der Waals surface area contributed by atoms with Crippen molar-refractivity contribution in [3.8, 4) is 0 Å². The molecule has 2 N–H and O–H groups in total. The van der Waals surface area contributed by atoms with Crippen LogP contribution in [-0.4, -0.2) is 23.2 Å². The first-order valence-electron chi connectivity index (χ1n) is 3.41. The Labute approximate surface area is 76.2 Å². The summed E-state index contributed by atoms with van der Waals surface area (Å²) in [7, 11) is 0. The Bertz CT molecular complexity index is 273. The molecule has 1 aromatic rings. The van der Waals surface area contributed by atoms with Gasteiger partial charge in [-0.3, -0.25) is 0 Å². The third-order valence-electron chi connectivity index (χ3n) is 1.18. The number of aliphatic hydroxyl groups excluding tert-OH is 1. The molecule has 0 bridgehead atoms. The van der Waals surface area contributed by atoms with Crippen LogP contribution in [-0.2, 0) is 6.18 Å². The van der Waals surface area contributed by atoms with E-state index in [0.29, 0.717) is 0 Å². The van der Waals surface area contributed by atoms with Crippen molar-refractivity contribution in [3.63, 3.8) is 0 Å². The number of nitrogens with one attached hydrogen (secondary N) is 1. The third kappa shape index (κ3) is 2.85. The van der Waals surface area contributed by atoms with E-state index >= 15 is 0 Å². The van der Waals surface area contributed by atoms with Crippen LogP contribution in [0, 0.1) is 0 Å². The lowest BCUT2D eigenvalue weighted by molar-refractivity contribution is -0.140. The fourth-order valence-corrected chi connectivity index (χ4v) is 1.39. The number of rotatable bonds is 3. The van der Waals surface area contributed by atoms with Crippen molar-refractivity contribution in [2.45, 2.75) is 6.18 Å². The quantitative estimate of drug-likeness (QED) is 0.799. The van der Waals surface area contributed by atoms with Gasteiger partial charge in [0.05, 0.1) is 6.61 Å². The van der Waals surface area contributed by atoms with Gasteiger partial charge in [0, 0.05) is 11.9 Å². The topological polar surface area (TPSA) is 45.1 Å². The minimum Gasteiger partial charge on any atom is -0.395 e. The minimum atomic E-state index is -4.39. The Kier molecular flexibility index (Phi) is 3.10. The summed E-state index contributed by atoms with van der Waals surface area (Å²) in [6, 6.07) is 0. The van der Waals surface area contributed by atoms with Gasteiger partial charge in [-0.2, -0.15) is 13.2 Å². The number of halogens is 3. The van der Waals surface area contributed by atoms with E-state index in [1.165, 1.54) is 0 Å². The Morgan fingerprint density at radius 3 is 2.69 bits per heavy atom. The van der Waals surface area contributed by atoms with E-state index in [1.807, 2.05) is 0 Å². The number of aliphatic hydroxyl groups is 1. The maximum atomic E-state index is 12.0. The average Bonchev–Trinajstić information content (AvgIpc) is 2.47. The number of hydrogen-bond acceptors (Lipinski definition) is 4. The van der Waals surface area contributed by atoms with E-state index in [-0.39, 0.29) is 18.3 Å². The Hall–Kier alpha value is -0.820. The average molecular weight is 212 g/mol. The molecule has 0 aromatic carbocycles. The van der Waals surface area contributed by atoms with Crippen LogP contribution < -0.4 is 5.32 Å². The predicted molar refractivity (Wildman–Crippen MR) is 42.7 cm³/mol. The molecule has 0 radical (unpaired) electrons. The molecular weight excluding hydrogens is 205 g/mol. The van der Waals surface area contributed by atoms with Crippen LogP contribution in [0.2, 0.25) is 0 Å². The molecule has 0 saturated carbocycles. The highest BCUT2D eigenvalue weighted by Crippen LogP contribution is 2.31. The Balaban J connectivity index is 2.64. The smallest absolute Gasteiger partial charge is 0.395 e. The highest BCUT2D eigenvalue weighted by atomic mass is 32.1.